The van der Waals surface area contributed by atoms with Crippen molar-refractivity contribution in [1.29, 1.82) is 0 Å². The minimum atomic E-state index is 0.175. The molecule has 0 amide bonds. The standard InChI is InChI=1S/C11H16BrN3S/c1-7-4-5-14-11(9(7)12)15(3)6-8(2)10(13)16/h4-5,8H,6H2,1-3H3,(H2,13,16). The number of nitrogens with two attached hydrogens (primary N) is 1. The number of hydrogen-bond donors (Lipinski definition) is 1. The predicted octanol–water partition coefficient (Wildman–Crippen LogP) is 2.51. The molecule has 1 aromatic heterocycles. The van der Waals surface area contributed by atoms with Gasteiger partial charge in [0.25, 0.3) is 0 Å². The molecule has 0 aliphatic carbocycles. The average molecular weight is 302 g/mol. The van der Waals surface area contributed by atoms with Crippen molar-refractivity contribution in [2.45, 2.75) is 13.8 Å². The summed E-state index contributed by atoms with van der Waals surface area (Å²) in [4.78, 5) is 6.94. The Labute approximate surface area is 110 Å². The van der Waals surface area contributed by atoms with E-state index in [1.165, 1.54) is 5.56 Å². The lowest BCUT2D eigenvalue weighted by atomic mass is 10.1. The molecule has 88 valence electrons. The van der Waals surface area contributed by atoms with Crippen LogP contribution in [0.25, 0.3) is 0 Å². The number of thiocarbonyl (C=S) groups is 1. The number of aryl methyl sites for hydroxylation is 1. The molecule has 0 fully saturated rings. The predicted molar refractivity (Wildman–Crippen MR) is 75.9 cm³/mol. The molecule has 0 radical (unpaired) electrons. The second-order valence-corrected chi connectivity index (χ2v) is 5.21. The zero-order chi connectivity index (χ0) is 12.3. The maximum absolute atomic E-state index is 5.60. The van der Waals surface area contributed by atoms with Crippen LogP contribution >= 0.6 is 28.1 Å². The summed E-state index contributed by atoms with van der Waals surface area (Å²) in [6.07, 6.45) is 1.80. The fourth-order valence-corrected chi connectivity index (χ4v) is 1.99. The summed E-state index contributed by atoms with van der Waals surface area (Å²) in [5.41, 5.74) is 6.77. The van der Waals surface area contributed by atoms with Crippen molar-refractivity contribution in [3.05, 3.63) is 22.3 Å². The summed E-state index contributed by atoms with van der Waals surface area (Å²) >= 11 is 8.50. The highest BCUT2D eigenvalue weighted by Crippen LogP contribution is 2.26. The molecule has 1 unspecified atom stereocenters. The number of pyridine rings is 1. The fraction of sp³-hybridized carbons (Fsp3) is 0.455. The van der Waals surface area contributed by atoms with Crippen molar-refractivity contribution in [2.24, 2.45) is 11.7 Å². The minimum Gasteiger partial charge on any atom is -0.393 e. The van der Waals surface area contributed by atoms with Gasteiger partial charge in [0.05, 0.1) is 9.46 Å². The Morgan fingerprint density at radius 2 is 2.31 bits per heavy atom. The van der Waals surface area contributed by atoms with Gasteiger partial charge in [-0.3, -0.25) is 0 Å². The second-order valence-electron chi connectivity index (χ2n) is 3.95. The van der Waals surface area contributed by atoms with Crippen molar-refractivity contribution in [1.82, 2.24) is 4.98 Å². The molecule has 5 heteroatoms. The van der Waals surface area contributed by atoms with E-state index in [1.54, 1.807) is 6.20 Å². The first-order chi connectivity index (χ1) is 7.43. The van der Waals surface area contributed by atoms with Crippen LogP contribution in [0.3, 0.4) is 0 Å². The number of nitrogens with zero attached hydrogens (tertiary/aromatic N) is 2. The first-order valence-electron chi connectivity index (χ1n) is 5.05. The highest BCUT2D eigenvalue weighted by molar-refractivity contribution is 9.10. The Morgan fingerprint density at radius 1 is 1.69 bits per heavy atom. The number of hydrogen-bond acceptors (Lipinski definition) is 3. The van der Waals surface area contributed by atoms with E-state index < -0.39 is 0 Å². The van der Waals surface area contributed by atoms with Crippen LogP contribution in [0.4, 0.5) is 5.82 Å². The Kier molecular flexibility index (Phi) is 4.68. The summed E-state index contributed by atoms with van der Waals surface area (Å²) in [6.45, 7) is 4.83. The highest BCUT2D eigenvalue weighted by Gasteiger charge is 2.13. The lowest BCUT2D eigenvalue weighted by Gasteiger charge is -2.23. The van der Waals surface area contributed by atoms with Gasteiger partial charge in [-0.1, -0.05) is 19.1 Å². The van der Waals surface area contributed by atoms with E-state index in [1.807, 2.05) is 27.0 Å². The molecule has 2 N–H and O–H groups in total. The average Bonchev–Trinajstić information content (AvgIpc) is 2.21. The Balaban J connectivity index is 2.84. The number of halogens is 1. The zero-order valence-electron chi connectivity index (χ0n) is 9.70. The van der Waals surface area contributed by atoms with Crippen molar-refractivity contribution in [3.63, 3.8) is 0 Å². The van der Waals surface area contributed by atoms with Crippen LogP contribution in [0.1, 0.15) is 12.5 Å². The molecule has 1 heterocycles. The molecular formula is C11H16BrN3S. The third-order valence-corrected chi connectivity index (χ3v) is 3.84. The summed E-state index contributed by atoms with van der Waals surface area (Å²) in [6, 6.07) is 1.97. The van der Waals surface area contributed by atoms with E-state index in [-0.39, 0.29) is 5.92 Å². The number of anilines is 1. The third-order valence-electron chi connectivity index (χ3n) is 2.46. The fourth-order valence-electron chi connectivity index (χ4n) is 1.38. The van der Waals surface area contributed by atoms with Crippen LogP contribution in [0, 0.1) is 12.8 Å². The van der Waals surface area contributed by atoms with Gasteiger partial charge < -0.3 is 10.6 Å². The van der Waals surface area contributed by atoms with Crippen LogP contribution in [-0.4, -0.2) is 23.6 Å². The van der Waals surface area contributed by atoms with E-state index in [0.717, 1.165) is 16.8 Å². The lowest BCUT2D eigenvalue weighted by molar-refractivity contribution is 0.733. The molecule has 0 bridgehead atoms. The monoisotopic (exact) mass is 301 g/mol. The number of rotatable bonds is 4. The Bertz CT molecular complexity index is 395. The normalized spacial score (nSPS) is 12.2. The highest BCUT2D eigenvalue weighted by atomic mass is 79.9. The van der Waals surface area contributed by atoms with Gasteiger partial charge >= 0.3 is 0 Å². The number of aromatic nitrogens is 1. The van der Waals surface area contributed by atoms with E-state index in [0.29, 0.717) is 4.99 Å². The van der Waals surface area contributed by atoms with Crippen LogP contribution < -0.4 is 10.6 Å². The van der Waals surface area contributed by atoms with Gasteiger partial charge in [-0.25, -0.2) is 4.98 Å². The molecule has 16 heavy (non-hydrogen) atoms. The molecule has 0 saturated carbocycles. The van der Waals surface area contributed by atoms with Crippen LogP contribution in [0.5, 0.6) is 0 Å². The van der Waals surface area contributed by atoms with E-state index >= 15 is 0 Å². The summed E-state index contributed by atoms with van der Waals surface area (Å²) in [7, 11) is 1.99. The second kappa shape index (κ2) is 5.59. The van der Waals surface area contributed by atoms with Crippen LogP contribution in [0.2, 0.25) is 0 Å². The third kappa shape index (κ3) is 3.15. The van der Waals surface area contributed by atoms with E-state index in [9.17, 15) is 0 Å². The largest absolute Gasteiger partial charge is 0.393 e. The van der Waals surface area contributed by atoms with Gasteiger partial charge in [0.2, 0.25) is 0 Å². The maximum atomic E-state index is 5.60. The summed E-state index contributed by atoms with van der Waals surface area (Å²) in [5, 5.41) is 0. The van der Waals surface area contributed by atoms with E-state index in [4.69, 9.17) is 18.0 Å². The van der Waals surface area contributed by atoms with Crippen LogP contribution in [0.15, 0.2) is 16.7 Å². The van der Waals surface area contributed by atoms with Gasteiger partial charge in [0.1, 0.15) is 5.82 Å². The SMILES string of the molecule is Cc1ccnc(N(C)CC(C)C(N)=S)c1Br. The quantitative estimate of drug-likeness (QED) is 0.868. The molecule has 0 aromatic carbocycles. The van der Waals surface area contributed by atoms with Gasteiger partial charge in [-0.2, -0.15) is 0 Å². The molecular weight excluding hydrogens is 286 g/mol. The van der Waals surface area contributed by atoms with Gasteiger partial charge in [-0.05, 0) is 34.5 Å². The first kappa shape index (κ1) is 13.4. The topological polar surface area (TPSA) is 42.2 Å². The van der Waals surface area contributed by atoms with E-state index in [2.05, 4.69) is 25.8 Å². The van der Waals surface area contributed by atoms with Crippen LogP contribution in [-0.2, 0) is 0 Å². The molecule has 0 saturated heterocycles. The maximum Gasteiger partial charge on any atom is 0.142 e. The lowest BCUT2D eigenvalue weighted by Crippen LogP contribution is -2.32. The van der Waals surface area contributed by atoms with Crippen molar-refractivity contribution >= 4 is 39.0 Å². The molecule has 1 aromatic rings. The van der Waals surface area contributed by atoms with Crippen molar-refractivity contribution in [3.8, 4) is 0 Å². The van der Waals surface area contributed by atoms with Gasteiger partial charge in [0, 0.05) is 25.7 Å². The van der Waals surface area contributed by atoms with Gasteiger partial charge in [0.15, 0.2) is 0 Å². The molecule has 3 nitrogen and oxygen atoms in total. The summed E-state index contributed by atoms with van der Waals surface area (Å²) in [5.74, 6) is 1.09. The van der Waals surface area contributed by atoms with Crippen molar-refractivity contribution < 1.29 is 0 Å². The molecule has 1 rings (SSSR count). The molecule has 1 atom stereocenters. The molecule has 0 aliphatic rings. The summed E-state index contributed by atoms with van der Waals surface area (Å²) < 4.78 is 1.02. The molecule has 0 spiro atoms. The van der Waals surface area contributed by atoms with Gasteiger partial charge in [-0.15, -0.1) is 0 Å². The minimum absolute atomic E-state index is 0.175. The Hall–Kier alpha value is -0.680. The molecule has 0 aliphatic heterocycles. The van der Waals surface area contributed by atoms with Crippen molar-refractivity contribution in [2.75, 3.05) is 18.5 Å². The smallest absolute Gasteiger partial charge is 0.142 e. The first-order valence-corrected chi connectivity index (χ1v) is 6.25. The zero-order valence-corrected chi connectivity index (χ0v) is 12.1. The Morgan fingerprint density at radius 3 is 2.88 bits per heavy atom.